The molecule has 1 heterocycles. The standard InChI is InChI=1S/C24H20N2O4/c1-26-23(28)20-12-9-18(13-21(20)24(26)29)22(27)25-14-16-7-10-19(11-8-16)30-15-17-5-3-2-4-6-17/h2-13H,14-15H2,1H3,(H,25,27). The predicted molar refractivity (Wildman–Crippen MR) is 111 cm³/mol. The molecule has 6 nitrogen and oxygen atoms in total. The van der Waals surface area contributed by atoms with Crippen molar-refractivity contribution in [2.75, 3.05) is 7.05 Å². The summed E-state index contributed by atoms with van der Waals surface area (Å²) in [7, 11) is 1.43. The average molecular weight is 400 g/mol. The van der Waals surface area contributed by atoms with E-state index in [1.165, 1.54) is 19.2 Å². The minimum absolute atomic E-state index is 0.259. The molecule has 3 aromatic rings. The quantitative estimate of drug-likeness (QED) is 0.644. The zero-order valence-electron chi connectivity index (χ0n) is 16.4. The summed E-state index contributed by atoms with van der Waals surface area (Å²) in [6.07, 6.45) is 0. The van der Waals surface area contributed by atoms with Crippen LogP contribution in [-0.4, -0.2) is 29.7 Å². The highest BCUT2D eigenvalue weighted by Gasteiger charge is 2.33. The first-order valence-electron chi connectivity index (χ1n) is 9.53. The molecule has 0 aliphatic carbocycles. The normalized spacial score (nSPS) is 12.6. The highest BCUT2D eigenvalue weighted by molar-refractivity contribution is 6.21. The van der Waals surface area contributed by atoms with E-state index in [1.807, 2.05) is 54.6 Å². The number of benzene rings is 3. The number of imide groups is 1. The molecule has 1 aliphatic rings. The van der Waals surface area contributed by atoms with Crippen molar-refractivity contribution < 1.29 is 19.1 Å². The molecule has 0 bridgehead atoms. The predicted octanol–water partition coefficient (Wildman–Crippen LogP) is 3.42. The van der Waals surface area contributed by atoms with Crippen molar-refractivity contribution in [2.24, 2.45) is 0 Å². The Bertz CT molecular complexity index is 1110. The first-order chi connectivity index (χ1) is 14.5. The molecule has 0 atom stereocenters. The number of fused-ring (bicyclic) bond motifs is 1. The summed E-state index contributed by atoms with van der Waals surface area (Å²) in [5.41, 5.74) is 2.94. The van der Waals surface area contributed by atoms with Gasteiger partial charge < -0.3 is 10.1 Å². The third-order valence-corrected chi connectivity index (χ3v) is 4.98. The van der Waals surface area contributed by atoms with Crippen LogP contribution in [-0.2, 0) is 13.2 Å². The molecule has 4 rings (SSSR count). The molecular weight excluding hydrogens is 380 g/mol. The van der Waals surface area contributed by atoms with E-state index < -0.39 is 5.91 Å². The average Bonchev–Trinajstić information content (AvgIpc) is 3.01. The largest absolute Gasteiger partial charge is 0.489 e. The number of carbonyl (C=O) groups excluding carboxylic acids is 3. The van der Waals surface area contributed by atoms with Crippen LogP contribution in [0.4, 0.5) is 0 Å². The van der Waals surface area contributed by atoms with Gasteiger partial charge >= 0.3 is 0 Å². The van der Waals surface area contributed by atoms with E-state index in [4.69, 9.17) is 4.74 Å². The van der Waals surface area contributed by atoms with Crippen LogP contribution in [0.25, 0.3) is 0 Å². The van der Waals surface area contributed by atoms with E-state index in [0.29, 0.717) is 24.3 Å². The number of hydrogen-bond acceptors (Lipinski definition) is 4. The third-order valence-electron chi connectivity index (χ3n) is 4.98. The van der Waals surface area contributed by atoms with Crippen molar-refractivity contribution in [3.8, 4) is 5.75 Å². The molecule has 3 amide bonds. The molecule has 0 aromatic heterocycles. The molecule has 0 saturated carbocycles. The Morgan fingerprint density at radius 1 is 0.867 bits per heavy atom. The lowest BCUT2D eigenvalue weighted by atomic mass is 10.1. The zero-order valence-corrected chi connectivity index (χ0v) is 16.4. The van der Waals surface area contributed by atoms with Crippen LogP contribution < -0.4 is 10.1 Å². The van der Waals surface area contributed by atoms with Gasteiger partial charge in [-0.3, -0.25) is 19.3 Å². The van der Waals surface area contributed by atoms with Gasteiger partial charge in [-0.1, -0.05) is 42.5 Å². The van der Waals surface area contributed by atoms with Crippen molar-refractivity contribution in [2.45, 2.75) is 13.2 Å². The maximum Gasteiger partial charge on any atom is 0.261 e. The van der Waals surface area contributed by atoms with Gasteiger partial charge in [0.05, 0.1) is 11.1 Å². The molecule has 6 heteroatoms. The van der Waals surface area contributed by atoms with Crippen LogP contribution in [0.1, 0.15) is 42.2 Å². The first-order valence-corrected chi connectivity index (χ1v) is 9.53. The maximum absolute atomic E-state index is 12.5. The van der Waals surface area contributed by atoms with Crippen LogP contribution >= 0.6 is 0 Å². The fraction of sp³-hybridized carbons (Fsp3) is 0.125. The summed E-state index contributed by atoms with van der Waals surface area (Å²) in [5.74, 6) is -0.302. The Morgan fingerprint density at radius 2 is 1.57 bits per heavy atom. The van der Waals surface area contributed by atoms with Gasteiger partial charge in [-0.15, -0.1) is 0 Å². The van der Waals surface area contributed by atoms with Crippen molar-refractivity contribution in [1.82, 2.24) is 10.2 Å². The number of nitrogens with zero attached hydrogens (tertiary/aromatic N) is 1. The number of carbonyl (C=O) groups is 3. The molecule has 1 N–H and O–H groups in total. The van der Waals surface area contributed by atoms with Crippen molar-refractivity contribution in [1.29, 1.82) is 0 Å². The number of rotatable bonds is 6. The summed E-state index contributed by atoms with van der Waals surface area (Å²) >= 11 is 0. The molecule has 0 spiro atoms. The van der Waals surface area contributed by atoms with Gasteiger partial charge in [0.15, 0.2) is 0 Å². The van der Waals surface area contributed by atoms with Crippen LogP contribution in [0.3, 0.4) is 0 Å². The Morgan fingerprint density at radius 3 is 2.30 bits per heavy atom. The lowest BCUT2D eigenvalue weighted by Crippen LogP contribution is -2.24. The number of nitrogens with one attached hydrogen (secondary N) is 1. The van der Waals surface area contributed by atoms with E-state index in [1.54, 1.807) is 6.07 Å². The maximum atomic E-state index is 12.5. The molecule has 0 radical (unpaired) electrons. The van der Waals surface area contributed by atoms with Gasteiger partial charge in [-0.2, -0.15) is 0 Å². The van der Waals surface area contributed by atoms with E-state index in [0.717, 1.165) is 21.8 Å². The van der Waals surface area contributed by atoms with Crippen LogP contribution in [0.5, 0.6) is 5.75 Å². The van der Waals surface area contributed by atoms with Crippen LogP contribution in [0, 0.1) is 0 Å². The number of ether oxygens (including phenoxy) is 1. The van der Waals surface area contributed by atoms with Crippen LogP contribution in [0.15, 0.2) is 72.8 Å². The zero-order chi connectivity index (χ0) is 21.1. The lowest BCUT2D eigenvalue weighted by Gasteiger charge is -2.09. The van der Waals surface area contributed by atoms with E-state index in [9.17, 15) is 14.4 Å². The molecule has 0 saturated heterocycles. The molecule has 30 heavy (non-hydrogen) atoms. The molecule has 1 aliphatic heterocycles. The van der Waals surface area contributed by atoms with Crippen molar-refractivity contribution in [3.05, 3.63) is 101 Å². The van der Waals surface area contributed by atoms with Gasteiger partial charge in [0.2, 0.25) is 0 Å². The van der Waals surface area contributed by atoms with Crippen LogP contribution in [0.2, 0.25) is 0 Å². The van der Waals surface area contributed by atoms with Gasteiger partial charge in [0.1, 0.15) is 12.4 Å². The van der Waals surface area contributed by atoms with Gasteiger partial charge in [-0.05, 0) is 41.5 Å². The second kappa shape index (κ2) is 8.21. The second-order valence-electron chi connectivity index (χ2n) is 7.03. The van der Waals surface area contributed by atoms with Gasteiger partial charge in [0, 0.05) is 19.2 Å². The number of amides is 3. The topological polar surface area (TPSA) is 75.7 Å². The summed E-state index contributed by atoms with van der Waals surface area (Å²) < 4.78 is 5.76. The van der Waals surface area contributed by atoms with Gasteiger partial charge in [-0.25, -0.2) is 0 Å². The highest BCUT2D eigenvalue weighted by Crippen LogP contribution is 2.22. The Hall–Kier alpha value is -3.93. The van der Waals surface area contributed by atoms with E-state index in [2.05, 4.69) is 5.32 Å². The van der Waals surface area contributed by atoms with E-state index in [-0.39, 0.29) is 17.4 Å². The second-order valence-corrected chi connectivity index (χ2v) is 7.03. The summed E-state index contributed by atoms with van der Waals surface area (Å²) in [6, 6.07) is 22.0. The third kappa shape index (κ3) is 3.93. The van der Waals surface area contributed by atoms with E-state index >= 15 is 0 Å². The molecular formula is C24H20N2O4. The van der Waals surface area contributed by atoms with Crippen molar-refractivity contribution in [3.63, 3.8) is 0 Å². The minimum Gasteiger partial charge on any atom is -0.489 e. The Kier molecular flexibility index (Phi) is 5.30. The smallest absolute Gasteiger partial charge is 0.261 e. The Labute approximate surface area is 174 Å². The van der Waals surface area contributed by atoms with Crippen molar-refractivity contribution >= 4 is 17.7 Å². The highest BCUT2D eigenvalue weighted by atomic mass is 16.5. The fourth-order valence-corrected chi connectivity index (χ4v) is 3.23. The summed E-state index contributed by atoms with van der Waals surface area (Å²) in [4.78, 5) is 37.6. The lowest BCUT2D eigenvalue weighted by molar-refractivity contribution is 0.0693. The number of hydrogen-bond donors (Lipinski definition) is 1. The Balaban J connectivity index is 1.34. The molecule has 0 fully saturated rings. The fourth-order valence-electron chi connectivity index (χ4n) is 3.23. The first kappa shape index (κ1) is 19.4. The monoisotopic (exact) mass is 400 g/mol. The summed E-state index contributed by atoms with van der Waals surface area (Å²) in [5, 5.41) is 2.83. The molecule has 0 unspecified atom stereocenters. The summed E-state index contributed by atoms with van der Waals surface area (Å²) in [6.45, 7) is 0.827. The molecule has 150 valence electrons. The molecule has 3 aromatic carbocycles. The van der Waals surface area contributed by atoms with Gasteiger partial charge in [0.25, 0.3) is 17.7 Å². The minimum atomic E-state index is -0.393. The SMILES string of the molecule is CN1C(=O)c2ccc(C(=O)NCc3ccc(OCc4ccccc4)cc3)cc2C1=O.